The van der Waals surface area contributed by atoms with Crippen LogP contribution in [-0.2, 0) is 18.6 Å². The molecule has 0 aromatic carbocycles. The van der Waals surface area contributed by atoms with Gasteiger partial charge in [-0.3, -0.25) is 9.36 Å². The van der Waals surface area contributed by atoms with Crippen LogP contribution in [-0.4, -0.2) is 89.4 Å². The van der Waals surface area contributed by atoms with Crippen LogP contribution in [0.1, 0.15) is 67.2 Å². The molecule has 8 nitrogen and oxygen atoms in total. The Hall–Kier alpha value is -0.500. The second-order valence-corrected chi connectivity index (χ2v) is 12.2. The molecule has 0 bridgehead atoms. The van der Waals surface area contributed by atoms with Crippen LogP contribution < -0.4 is 0 Å². The van der Waals surface area contributed by atoms with Gasteiger partial charge in [0.15, 0.2) is 0 Å². The highest BCUT2D eigenvalue weighted by Gasteiger charge is 2.41. The molecule has 2 unspecified atom stereocenters. The molecule has 0 aromatic rings. The van der Waals surface area contributed by atoms with Gasteiger partial charge in [-0.1, -0.05) is 26.2 Å². The molecule has 2 atom stereocenters. The molecule has 1 heterocycles. The van der Waals surface area contributed by atoms with E-state index in [-0.39, 0.29) is 18.6 Å². The van der Waals surface area contributed by atoms with Crippen LogP contribution in [0.25, 0.3) is 0 Å². The lowest BCUT2D eigenvalue weighted by molar-refractivity contribution is -0.162. The van der Waals surface area contributed by atoms with Gasteiger partial charge < -0.3 is 19.3 Å². The molecule has 1 N–H and O–H groups in total. The number of nitrogens with zero attached hydrogens (tertiary/aromatic N) is 3. The smallest absolute Gasteiger partial charge is 0.345 e. The summed E-state index contributed by atoms with van der Waals surface area (Å²) in [5.41, 5.74) is -2.03. The van der Waals surface area contributed by atoms with E-state index in [1.807, 2.05) is 11.6 Å². The van der Waals surface area contributed by atoms with Crippen molar-refractivity contribution >= 4 is 13.6 Å². The van der Waals surface area contributed by atoms with Crippen molar-refractivity contribution in [1.29, 1.82) is 0 Å². The van der Waals surface area contributed by atoms with Crippen molar-refractivity contribution in [2.24, 2.45) is 0 Å². The lowest BCUT2D eigenvalue weighted by Gasteiger charge is -2.43. The first-order valence-electron chi connectivity index (χ1n) is 11.1. The molecular weight excluding hydrogens is 405 g/mol. The summed E-state index contributed by atoms with van der Waals surface area (Å²) in [4.78, 5) is 14.7. The monoisotopic (exact) mass is 449 g/mol. The zero-order valence-electron chi connectivity index (χ0n) is 20.3. The molecule has 178 valence electrons. The zero-order chi connectivity index (χ0) is 23.2. The first-order valence-corrected chi connectivity index (χ1v) is 12.6. The van der Waals surface area contributed by atoms with Gasteiger partial charge in [-0.05, 0) is 55.1 Å². The van der Waals surface area contributed by atoms with Crippen LogP contribution >= 0.6 is 7.67 Å². The van der Waals surface area contributed by atoms with Crippen molar-refractivity contribution in [3.8, 4) is 0 Å². The van der Waals surface area contributed by atoms with Gasteiger partial charge in [-0.2, -0.15) is 0 Å². The van der Waals surface area contributed by atoms with E-state index in [0.29, 0.717) is 26.2 Å². The van der Waals surface area contributed by atoms with E-state index in [4.69, 9.17) is 9.26 Å². The minimum Gasteiger partial charge on any atom is -0.388 e. The first kappa shape index (κ1) is 27.5. The van der Waals surface area contributed by atoms with Crippen LogP contribution in [0.2, 0.25) is 0 Å². The summed E-state index contributed by atoms with van der Waals surface area (Å²) >= 11 is 0. The van der Waals surface area contributed by atoms with Gasteiger partial charge in [-0.25, -0.2) is 9.34 Å². The fraction of sp³-hybridized carbons (Fsp3) is 0.952. The van der Waals surface area contributed by atoms with Crippen LogP contribution in [0.5, 0.6) is 0 Å². The molecule has 9 heteroatoms. The molecule has 0 aromatic heterocycles. The fourth-order valence-corrected chi connectivity index (χ4v) is 5.42. The Bertz CT molecular complexity index is 584. The number of carbonyl (C=O) groups is 1. The normalized spacial score (nSPS) is 19.7. The molecule has 1 amide bonds. The third-order valence-electron chi connectivity index (χ3n) is 5.24. The predicted octanol–water partition coefficient (Wildman–Crippen LogP) is 3.35. The standard InChI is InChI=1S/C21H44N3O5P/c1-9-10-11-12-18(2)29-30(27,22(7)8)24-15-13-23(14-16-24)19(25)21(5,6)28-17-20(3,4)26/h18,26H,9-17H2,1-8H3. The highest BCUT2D eigenvalue weighted by atomic mass is 31.2. The highest BCUT2D eigenvalue weighted by Crippen LogP contribution is 2.54. The van der Waals surface area contributed by atoms with Crippen molar-refractivity contribution in [2.45, 2.75) is 84.5 Å². The molecule has 0 aliphatic carbocycles. The molecular formula is C21H44N3O5P. The average molecular weight is 450 g/mol. The summed E-state index contributed by atoms with van der Waals surface area (Å²) in [6, 6.07) is 0. The van der Waals surface area contributed by atoms with E-state index >= 15 is 0 Å². The summed E-state index contributed by atoms with van der Waals surface area (Å²) in [6.45, 7) is 12.8. The van der Waals surface area contributed by atoms with Gasteiger partial charge in [0.2, 0.25) is 0 Å². The van der Waals surface area contributed by atoms with Crippen LogP contribution in [0.3, 0.4) is 0 Å². The Labute approximate surface area is 183 Å². The zero-order valence-corrected chi connectivity index (χ0v) is 21.2. The lowest BCUT2D eigenvalue weighted by atomic mass is 10.1. The summed E-state index contributed by atoms with van der Waals surface area (Å²) in [7, 11) is 0.425. The Kier molecular flexibility index (Phi) is 10.5. The van der Waals surface area contributed by atoms with Gasteiger partial charge in [0.05, 0.1) is 18.3 Å². The molecule has 1 aliphatic heterocycles. The highest BCUT2D eigenvalue weighted by molar-refractivity contribution is 7.53. The van der Waals surface area contributed by atoms with E-state index < -0.39 is 18.9 Å². The second-order valence-electron chi connectivity index (χ2n) is 9.61. The Morgan fingerprint density at radius 1 is 1.13 bits per heavy atom. The number of amides is 1. The van der Waals surface area contributed by atoms with E-state index in [9.17, 15) is 14.5 Å². The minimum atomic E-state index is -3.14. The number of aliphatic hydroxyl groups is 1. The number of carbonyl (C=O) groups excluding carboxylic acids is 1. The SMILES string of the molecule is CCCCCC(C)OP(=O)(N(C)C)N1CCN(C(=O)C(C)(C)OCC(C)(C)O)CC1. The van der Waals surface area contributed by atoms with Gasteiger partial charge >= 0.3 is 7.67 Å². The maximum atomic E-state index is 13.7. The van der Waals surface area contributed by atoms with Gasteiger partial charge in [0.25, 0.3) is 5.91 Å². The number of ether oxygens (including phenoxy) is 1. The number of hydrogen-bond donors (Lipinski definition) is 1. The number of rotatable bonds is 12. The number of hydrogen-bond acceptors (Lipinski definition) is 5. The third-order valence-corrected chi connectivity index (χ3v) is 8.00. The van der Waals surface area contributed by atoms with Crippen LogP contribution in [0, 0.1) is 0 Å². The predicted molar refractivity (Wildman–Crippen MR) is 120 cm³/mol. The van der Waals surface area contributed by atoms with Gasteiger partial charge in [0.1, 0.15) is 5.60 Å². The Morgan fingerprint density at radius 2 is 1.70 bits per heavy atom. The lowest BCUT2D eigenvalue weighted by Crippen LogP contribution is -2.55. The summed E-state index contributed by atoms with van der Waals surface area (Å²) in [6.07, 6.45) is 4.15. The van der Waals surface area contributed by atoms with Crippen molar-refractivity contribution in [3.63, 3.8) is 0 Å². The van der Waals surface area contributed by atoms with E-state index in [2.05, 4.69) is 6.92 Å². The molecule has 30 heavy (non-hydrogen) atoms. The maximum absolute atomic E-state index is 13.7. The quantitative estimate of drug-likeness (QED) is 0.361. The maximum Gasteiger partial charge on any atom is 0.345 e. The topological polar surface area (TPSA) is 82.6 Å². The van der Waals surface area contributed by atoms with Crippen LogP contribution in [0.15, 0.2) is 0 Å². The van der Waals surface area contributed by atoms with Gasteiger partial charge in [0, 0.05) is 26.2 Å². The third kappa shape index (κ3) is 8.21. The number of unbranched alkanes of at least 4 members (excludes halogenated alkanes) is 2. The fourth-order valence-electron chi connectivity index (χ4n) is 3.33. The van der Waals surface area contributed by atoms with Gasteiger partial charge in [-0.15, -0.1) is 0 Å². The largest absolute Gasteiger partial charge is 0.388 e. The summed E-state index contributed by atoms with van der Waals surface area (Å²) in [5, 5.41) is 9.88. The van der Waals surface area contributed by atoms with E-state index in [1.54, 1.807) is 51.4 Å². The van der Waals surface area contributed by atoms with E-state index in [0.717, 1.165) is 25.7 Å². The minimum absolute atomic E-state index is 0.0747. The summed E-state index contributed by atoms with van der Waals surface area (Å²) in [5.74, 6) is -0.125. The van der Waals surface area contributed by atoms with E-state index in [1.165, 1.54) is 0 Å². The van der Waals surface area contributed by atoms with Crippen molar-refractivity contribution < 1.29 is 23.7 Å². The first-order chi connectivity index (χ1) is 13.7. The van der Waals surface area contributed by atoms with Crippen molar-refractivity contribution in [2.75, 3.05) is 46.9 Å². The Morgan fingerprint density at radius 3 is 2.17 bits per heavy atom. The molecule has 1 rings (SSSR count). The van der Waals surface area contributed by atoms with Crippen molar-refractivity contribution in [3.05, 3.63) is 0 Å². The second kappa shape index (κ2) is 11.4. The molecule has 1 aliphatic rings. The molecule has 1 fully saturated rings. The number of piperazine rings is 1. The molecule has 0 saturated carbocycles. The Balaban J connectivity index is 2.70. The molecule has 0 radical (unpaired) electrons. The average Bonchev–Trinajstić information content (AvgIpc) is 2.65. The van der Waals surface area contributed by atoms with Crippen LogP contribution in [0.4, 0.5) is 0 Å². The van der Waals surface area contributed by atoms with Crippen molar-refractivity contribution in [1.82, 2.24) is 14.2 Å². The molecule has 1 saturated heterocycles. The molecule has 0 spiro atoms. The summed E-state index contributed by atoms with van der Waals surface area (Å²) < 4.78 is 29.0.